The maximum absolute atomic E-state index is 12.6. The van der Waals surface area contributed by atoms with Crippen LogP contribution in [0.15, 0.2) is 48.5 Å². The van der Waals surface area contributed by atoms with Crippen molar-refractivity contribution in [2.75, 3.05) is 32.2 Å². The number of thiocarbonyl (C=S) groups is 1. The molecule has 0 spiro atoms. The number of rotatable bonds is 11. The van der Waals surface area contributed by atoms with Gasteiger partial charge < -0.3 is 20.1 Å². The topological polar surface area (TPSA) is 88.7 Å². The fraction of sp³-hybridized carbons (Fsp3) is 0.348. The van der Waals surface area contributed by atoms with Crippen LogP contribution < -0.4 is 20.7 Å². The number of ether oxygens (including phenoxy) is 2. The molecule has 2 aromatic carbocycles. The molecule has 0 saturated heterocycles. The van der Waals surface area contributed by atoms with Crippen molar-refractivity contribution in [3.05, 3.63) is 59.7 Å². The number of methoxy groups -OCH3 is 1. The number of hydrogen-bond acceptors (Lipinski definition) is 5. The van der Waals surface area contributed by atoms with Crippen molar-refractivity contribution in [3.63, 3.8) is 0 Å². The van der Waals surface area contributed by atoms with Gasteiger partial charge in [-0.1, -0.05) is 31.5 Å². The molecule has 0 saturated carbocycles. The Labute approximate surface area is 188 Å². The molecule has 2 rings (SSSR count). The lowest BCUT2D eigenvalue weighted by Gasteiger charge is -2.14. The first kappa shape index (κ1) is 24.3. The van der Waals surface area contributed by atoms with Crippen molar-refractivity contribution in [1.82, 2.24) is 10.6 Å². The van der Waals surface area contributed by atoms with E-state index in [1.165, 1.54) is 0 Å². The molecule has 0 unspecified atom stereocenters. The van der Waals surface area contributed by atoms with Crippen LogP contribution in [0.25, 0.3) is 0 Å². The highest BCUT2D eigenvalue weighted by Gasteiger charge is 2.13. The molecule has 31 heavy (non-hydrogen) atoms. The fourth-order valence-corrected chi connectivity index (χ4v) is 2.90. The SMILES string of the molecule is CCCCOc1cccc(C(=O)NC(=S)Nc2ccccc2C(=O)NCCCOC)c1. The molecule has 0 heterocycles. The average molecular weight is 444 g/mol. The number of benzene rings is 2. The van der Waals surface area contributed by atoms with Crippen molar-refractivity contribution >= 4 is 34.8 Å². The summed E-state index contributed by atoms with van der Waals surface area (Å²) in [6, 6.07) is 13.9. The lowest BCUT2D eigenvalue weighted by atomic mass is 10.1. The fourth-order valence-electron chi connectivity index (χ4n) is 2.69. The minimum absolute atomic E-state index is 0.0990. The van der Waals surface area contributed by atoms with Crippen LogP contribution in [0, 0.1) is 0 Å². The summed E-state index contributed by atoms with van der Waals surface area (Å²) in [4.78, 5) is 25.0. The number of hydrogen-bond donors (Lipinski definition) is 3. The maximum atomic E-state index is 12.6. The lowest BCUT2D eigenvalue weighted by Crippen LogP contribution is -2.35. The maximum Gasteiger partial charge on any atom is 0.257 e. The van der Waals surface area contributed by atoms with E-state index in [4.69, 9.17) is 21.7 Å². The van der Waals surface area contributed by atoms with Crippen molar-refractivity contribution in [2.24, 2.45) is 0 Å². The van der Waals surface area contributed by atoms with Crippen LogP contribution in [0.1, 0.15) is 46.9 Å². The van der Waals surface area contributed by atoms with Crippen molar-refractivity contribution < 1.29 is 19.1 Å². The van der Waals surface area contributed by atoms with Gasteiger partial charge in [-0.15, -0.1) is 0 Å². The van der Waals surface area contributed by atoms with E-state index in [2.05, 4.69) is 22.9 Å². The van der Waals surface area contributed by atoms with E-state index in [9.17, 15) is 9.59 Å². The first-order chi connectivity index (χ1) is 15.0. The number of unbranched alkanes of at least 4 members (excludes halogenated alkanes) is 1. The number of carbonyl (C=O) groups is 2. The van der Waals surface area contributed by atoms with Crippen LogP contribution in [0.4, 0.5) is 5.69 Å². The minimum atomic E-state index is -0.361. The Kier molecular flexibility index (Phi) is 10.5. The molecule has 0 bridgehead atoms. The Hall–Kier alpha value is -2.97. The van der Waals surface area contributed by atoms with E-state index < -0.39 is 0 Å². The molecule has 3 N–H and O–H groups in total. The van der Waals surface area contributed by atoms with Gasteiger partial charge >= 0.3 is 0 Å². The summed E-state index contributed by atoms with van der Waals surface area (Å²) < 4.78 is 10.6. The van der Waals surface area contributed by atoms with E-state index in [0.29, 0.717) is 48.7 Å². The lowest BCUT2D eigenvalue weighted by molar-refractivity contribution is 0.0947. The minimum Gasteiger partial charge on any atom is -0.494 e. The average Bonchev–Trinajstić information content (AvgIpc) is 2.77. The largest absolute Gasteiger partial charge is 0.494 e. The summed E-state index contributed by atoms with van der Waals surface area (Å²) in [6.45, 7) is 3.76. The highest BCUT2D eigenvalue weighted by molar-refractivity contribution is 7.80. The number of amides is 2. The van der Waals surface area contributed by atoms with Gasteiger partial charge in [0.2, 0.25) is 0 Å². The van der Waals surface area contributed by atoms with Crippen molar-refractivity contribution in [2.45, 2.75) is 26.2 Å². The highest BCUT2D eigenvalue weighted by Crippen LogP contribution is 2.16. The summed E-state index contributed by atoms with van der Waals surface area (Å²) in [7, 11) is 1.62. The van der Waals surface area contributed by atoms with Crippen molar-refractivity contribution in [3.8, 4) is 5.75 Å². The quantitative estimate of drug-likeness (QED) is 0.362. The standard InChI is InChI=1S/C23H29N3O4S/c1-3-4-15-30-18-10-7-9-17(16-18)21(27)26-23(31)25-20-12-6-5-11-19(20)22(28)24-13-8-14-29-2/h5-7,9-12,16H,3-4,8,13-15H2,1-2H3,(H,24,28)(H2,25,26,27,31). The van der Waals surface area contributed by atoms with E-state index in [1.807, 2.05) is 6.07 Å². The van der Waals surface area contributed by atoms with E-state index >= 15 is 0 Å². The molecule has 0 aliphatic carbocycles. The van der Waals surface area contributed by atoms with Crippen LogP contribution >= 0.6 is 12.2 Å². The molecule has 0 radical (unpaired) electrons. The summed E-state index contributed by atoms with van der Waals surface area (Å²) in [6.07, 6.45) is 2.70. The van der Waals surface area contributed by atoms with Crippen molar-refractivity contribution in [1.29, 1.82) is 0 Å². The van der Waals surface area contributed by atoms with Gasteiger partial charge in [-0.05, 0) is 55.4 Å². The molecular formula is C23H29N3O4S. The van der Waals surface area contributed by atoms with Gasteiger partial charge in [0.1, 0.15) is 5.75 Å². The molecule has 0 aliphatic heterocycles. The van der Waals surface area contributed by atoms with E-state index in [-0.39, 0.29) is 16.9 Å². The normalized spacial score (nSPS) is 10.3. The second-order valence-corrected chi connectivity index (χ2v) is 7.19. The highest BCUT2D eigenvalue weighted by atomic mass is 32.1. The molecule has 0 fully saturated rings. The molecule has 7 nitrogen and oxygen atoms in total. The van der Waals surface area contributed by atoms with Gasteiger partial charge in [0.25, 0.3) is 11.8 Å². The number of nitrogens with one attached hydrogen (secondary N) is 3. The van der Waals surface area contributed by atoms with Crippen LogP contribution in [-0.4, -0.2) is 43.8 Å². The van der Waals surface area contributed by atoms with E-state index in [0.717, 1.165) is 12.8 Å². The van der Waals surface area contributed by atoms with Crippen LogP contribution in [0.5, 0.6) is 5.75 Å². The zero-order chi connectivity index (χ0) is 22.5. The summed E-state index contributed by atoms with van der Waals surface area (Å²) in [5.41, 5.74) is 1.37. The Morgan fingerprint density at radius 1 is 1.00 bits per heavy atom. The Balaban J connectivity index is 1.96. The second kappa shape index (κ2) is 13.4. The van der Waals surface area contributed by atoms with Crippen LogP contribution in [0.2, 0.25) is 0 Å². The molecule has 0 atom stereocenters. The van der Waals surface area contributed by atoms with Gasteiger partial charge in [0.15, 0.2) is 5.11 Å². The van der Waals surface area contributed by atoms with Gasteiger partial charge in [0, 0.05) is 25.8 Å². The summed E-state index contributed by atoms with van der Waals surface area (Å²) >= 11 is 5.28. The molecule has 166 valence electrons. The number of anilines is 1. The number of para-hydroxylation sites is 1. The first-order valence-corrected chi connectivity index (χ1v) is 10.7. The Bertz CT molecular complexity index is 889. The third-order valence-electron chi connectivity index (χ3n) is 4.32. The monoisotopic (exact) mass is 443 g/mol. The van der Waals surface area contributed by atoms with Gasteiger partial charge in [-0.2, -0.15) is 0 Å². The Morgan fingerprint density at radius 2 is 1.81 bits per heavy atom. The smallest absolute Gasteiger partial charge is 0.257 e. The van der Waals surface area contributed by atoms with Crippen LogP contribution in [-0.2, 0) is 4.74 Å². The third kappa shape index (κ3) is 8.35. The zero-order valence-electron chi connectivity index (χ0n) is 17.9. The van der Waals surface area contributed by atoms with Gasteiger partial charge in [-0.3, -0.25) is 14.9 Å². The van der Waals surface area contributed by atoms with E-state index in [1.54, 1.807) is 49.6 Å². The van der Waals surface area contributed by atoms with Gasteiger partial charge in [0.05, 0.1) is 17.9 Å². The first-order valence-electron chi connectivity index (χ1n) is 10.3. The molecule has 0 aromatic heterocycles. The summed E-state index contributed by atoms with van der Waals surface area (Å²) in [5.74, 6) is 0.0423. The second-order valence-electron chi connectivity index (χ2n) is 6.79. The van der Waals surface area contributed by atoms with Crippen LogP contribution in [0.3, 0.4) is 0 Å². The molecule has 2 amide bonds. The summed E-state index contributed by atoms with van der Waals surface area (Å²) in [5, 5.41) is 8.51. The molecule has 2 aromatic rings. The van der Waals surface area contributed by atoms with Gasteiger partial charge in [-0.25, -0.2) is 0 Å². The molecule has 0 aliphatic rings. The third-order valence-corrected chi connectivity index (χ3v) is 4.52. The molecule has 8 heteroatoms. The predicted molar refractivity (Wildman–Crippen MR) is 126 cm³/mol. The Morgan fingerprint density at radius 3 is 2.58 bits per heavy atom. The number of carbonyl (C=O) groups excluding carboxylic acids is 2. The predicted octanol–water partition coefficient (Wildman–Crippen LogP) is 3.76. The zero-order valence-corrected chi connectivity index (χ0v) is 18.7. The molecular weight excluding hydrogens is 414 g/mol.